The maximum atomic E-state index is 12.6. The largest absolute Gasteiger partial charge is 0.339 e. The molecule has 0 bridgehead atoms. The molecule has 0 saturated carbocycles. The number of nitrogens with one attached hydrogen (secondary N) is 1. The smallest absolute Gasteiger partial charge is 0.255 e. The van der Waals surface area contributed by atoms with Crippen LogP contribution >= 0.6 is 11.6 Å². The van der Waals surface area contributed by atoms with Crippen molar-refractivity contribution < 1.29 is 9.59 Å². The Labute approximate surface area is 171 Å². The summed E-state index contributed by atoms with van der Waals surface area (Å²) in [5, 5.41) is 3.48. The minimum atomic E-state index is -0.0791. The first-order chi connectivity index (χ1) is 13.5. The number of hydrogen-bond acceptors (Lipinski definition) is 2. The summed E-state index contributed by atoms with van der Waals surface area (Å²) in [5.74, 6) is 0.403. The topological polar surface area (TPSA) is 49.4 Å². The van der Waals surface area contributed by atoms with Crippen molar-refractivity contribution in [3.8, 4) is 0 Å². The number of piperidine rings is 1. The third-order valence-electron chi connectivity index (χ3n) is 5.62. The van der Waals surface area contributed by atoms with E-state index in [-0.39, 0.29) is 17.7 Å². The Balaban J connectivity index is 1.54. The molecule has 5 heteroatoms. The summed E-state index contributed by atoms with van der Waals surface area (Å²) in [7, 11) is 0. The number of halogens is 1. The van der Waals surface area contributed by atoms with Gasteiger partial charge in [-0.25, -0.2) is 0 Å². The molecule has 1 N–H and O–H groups in total. The van der Waals surface area contributed by atoms with E-state index in [1.165, 1.54) is 5.56 Å². The molecule has 0 aromatic heterocycles. The van der Waals surface area contributed by atoms with Crippen molar-refractivity contribution in [2.24, 2.45) is 5.92 Å². The third-order valence-corrected chi connectivity index (χ3v) is 5.95. The number of carbonyl (C=O) groups is 2. The van der Waals surface area contributed by atoms with Crippen LogP contribution in [0.2, 0.25) is 5.02 Å². The third kappa shape index (κ3) is 4.74. The van der Waals surface area contributed by atoms with E-state index in [0.29, 0.717) is 42.4 Å². The fourth-order valence-electron chi connectivity index (χ4n) is 3.52. The first kappa shape index (κ1) is 20.4. The molecule has 4 nitrogen and oxygen atoms in total. The van der Waals surface area contributed by atoms with Crippen LogP contribution in [0.5, 0.6) is 0 Å². The Hall–Kier alpha value is -2.33. The van der Waals surface area contributed by atoms with Crippen LogP contribution in [-0.2, 0) is 4.79 Å². The summed E-state index contributed by atoms with van der Waals surface area (Å²) in [6.45, 7) is 5.50. The van der Waals surface area contributed by atoms with Gasteiger partial charge in [0.1, 0.15) is 0 Å². The van der Waals surface area contributed by atoms with Gasteiger partial charge in [-0.05, 0) is 55.0 Å². The second-order valence-electron chi connectivity index (χ2n) is 7.47. The quantitative estimate of drug-likeness (QED) is 0.738. The van der Waals surface area contributed by atoms with E-state index in [2.05, 4.69) is 31.3 Å². The van der Waals surface area contributed by atoms with E-state index in [1.54, 1.807) is 17.0 Å². The first-order valence-corrected chi connectivity index (χ1v) is 10.3. The standard InChI is InChI=1S/C23H27ClN2O2/c1-3-16(2)17-8-10-19(11-9-17)25-22(27)18-12-14-26(15-13-18)23(28)20-6-4-5-7-21(20)24/h4-11,16,18H,3,12-15H2,1-2H3,(H,25,27). The Kier molecular flexibility index (Phi) is 6.74. The molecule has 1 saturated heterocycles. The summed E-state index contributed by atoms with van der Waals surface area (Å²) in [6, 6.07) is 15.2. The van der Waals surface area contributed by atoms with Gasteiger partial charge in [0.05, 0.1) is 10.6 Å². The van der Waals surface area contributed by atoms with Crippen LogP contribution < -0.4 is 5.32 Å². The predicted molar refractivity (Wildman–Crippen MR) is 114 cm³/mol. The Morgan fingerprint density at radius 1 is 1.11 bits per heavy atom. The molecule has 1 heterocycles. The van der Waals surface area contributed by atoms with Gasteiger partial charge in [-0.2, -0.15) is 0 Å². The highest BCUT2D eigenvalue weighted by Gasteiger charge is 2.28. The second-order valence-corrected chi connectivity index (χ2v) is 7.87. The highest BCUT2D eigenvalue weighted by molar-refractivity contribution is 6.33. The zero-order valence-electron chi connectivity index (χ0n) is 16.5. The van der Waals surface area contributed by atoms with Gasteiger partial charge in [0, 0.05) is 24.7 Å². The van der Waals surface area contributed by atoms with E-state index in [9.17, 15) is 9.59 Å². The summed E-state index contributed by atoms with van der Waals surface area (Å²) in [5.41, 5.74) is 2.63. The molecule has 1 fully saturated rings. The van der Waals surface area contributed by atoms with E-state index in [0.717, 1.165) is 12.1 Å². The van der Waals surface area contributed by atoms with Crippen LogP contribution in [0.3, 0.4) is 0 Å². The summed E-state index contributed by atoms with van der Waals surface area (Å²) in [4.78, 5) is 27.0. The van der Waals surface area contributed by atoms with E-state index >= 15 is 0 Å². The molecular formula is C23H27ClN2O2. The fraction of sp³-hybridized carbons (Fsp3) is 0.391. The average Bonchev–Trinajstić information content (AvgIpc) is 2.73. The van der Waals surface area contributed by atoms with Gasteiger partial charge in [0.2, 0.25) is 5.91 Å². The van der Waals surface area contributed by atoms with Gasteiger partial charge < -0.3 is 10.2 Å². The van der Waals surface area contributed by atoms with Crippen molar-refractivity contribution in [2.75, 3.05) is 18.4 Å². The van der Waals surface area contributed by atoms with Crippen molar-refractivity contribution >= 4 is 29.1 Å². The molecule has 148 valence electrons. The monoisotopic (exact) mass is 398 g/mol. The molecule has 1 unspecified atom stereocenters. The van der Waals surface area contributed by atoms with Gasteiger partial charge in [-0.15, -0.1) is 0 Å². The zero-order valence-corrected chi connectivity index (χ0v) is 17.2. The van der Waals surface area contributed by atoms with E-state index in [4.69, 9.17) is 11.6 Å². The maximum Gasteiger partial charge on any atom is 0.255 e. The molecular weight excluding hydrogens is 372 g/mol. The molecule has 0 spiro atoms. The van der Waals surface area contributed by atoms with E-state index in [1.807, 2.05) is 24.3 Å². The second kappa shape index (κ2) is 9.24. The lowest BCUT2D eigenvalue weighted by Crippen LogP contribution is -2.41. The van der Waals surface area contributed by atoms with Crippen LogP contribution in [0.15, 0.2) is 48.5 Å². The lowest BCUT2D eigenvalue weighted by atomic mass is 9.95. The lowest BCUT2D eigenvalue weighted by Gasteiger charge is -2.31. The average molecular weight is 399 g/mol. The van der Waals surface area contributed by atoms with Crippen LogP contribution in [-0.4, -0.2) is 29.8 Å². The molecule has 28 heavy (non-hydrogen) atoms. The highest BCUT2D eigenvalue weighted by atomic mass is 35.5. The number of hydrogen-bond donors (Lipinski definition) is 1. The van der Waals surface area contributed by atoms with Gasteiger partial charge >= 0.3 is 0 Å². The molecule has 2 aromatic carbocycles. The molecule has 0 aliphatic carbocycles. The zero-order chi connectivity index (χ0) is 20.1. The number of amides is 2. The van der Waals surface area contributed by atoms with E-state index < -0.39 is 0 Å². The van der Waals surface area contributed by atoms with Crippen molar-refractivity contribution in [1.29, 1.82) is 0 Å². The van der Waals surface area contributed by atoms with Crippen molar-refractivity contribution in [3.63, 3.8) is 0 Å². The normalized spacial score (nSPS) is 15.9. The van der Waals surface area contributed by atoms with Crippen molar-refractivity contribution in [2.45, 2.75) is 39.0 Å². The Morgan fingerprint density at radius 3 is 2.36 bits per heavy atom. The van der Waals surface area contributed by atoms with Gasteiger partial charge in [0.15, 0.2) is 0 Å². The van der Waals surface area contributed by atoms with Crippen molar-refractivity contribution in [1.82, 2.24) is 4.90 Å². The number of rotatable bonds is 5. The molecule has 1 aliphatic heterocycles. The number of benzene rings is 2. The SMILES string of the molecule is CCC(C)c1ccc(NC(=O)C2CCN(C(=O)c3ccccc3Cl)CC2)cc1. The molecule has 0 radical (unpaired) electrons. The Bertz CT molecular complexity index is 827. The van der Waals surface area contributed by atoms with Gasteiger partial charge in [0.25, 0.3) is 5.91 Å². The number of carbonyl (C=O) groups excluding carboxylic acids is 2. The van der Waals surface area contributed by atoms with Crippen LogP contribution in [0.1, 0.15) is 54.9 Å². The summed E-state index contributed by atoms with van der Waals surface area (Å²) >= 11 is 6.14. The molecule has 2 amide bonds. The predicted octanol–water partition coefficient (Wildman–Crippen LogP) is 5.34. The van der Waals surface area contributed by atoms with Gasteiger partial charge in [-0.3, -0.25) is 9.59 Å². The fourth-order valence-corrected chi connectivity index (χ4v) is 3.74. The van der Waals surface area contributed by atoms with Gasteiger partial charge in [-0.1, -0.05) is 49.7 Å². The first-order valence-electron chi connectivity index (χ1n) is 9.94. The molecule has 3 rings (SSSR count). The maximum absolute atomic E-state index is 12.6. The Morgan fingerprint density at radius 2 is 1.75 bits per heavy atom. The summed E-state index contributed by atoms with van der Waals surface area (Å²) < 4.78 is 0. The molecule has 2 aromatic rings. The number of anilines is 1. The molecule has 1 aliphatic rings. The van der Waals surface area contributed by atoms with Crippen LogP contribution in [0, 0.1) is 5.92 Å². The minimum Gasteiger partial charge on any atom is -0.339 e. The van der Waals surface area contributed by atoms with Crippen LogP contribution in [0.4, 0.5) is 5.69 Å². The van der Waals surface area contributed by atoms with Crippen molar-refractivity contribution in [3.05, 3.63) is 64.7 Å². The van der Waals surface area contributed by atoms with Crippen LogP contribution in [0.25, 0.3) is 0 Å². The molecule has 1 atom stereocenters. The highest BCUT2D eigenvalue weighted by Crippen LogP contribution is 2.24. The number of nitrogens with zero attached hydrogens (tertiary/aromatic N) is 1. The summed E-state index contributed by atoms with van der Waals surface area (Å²) in [6.07, 6.45) is 2.41. The minimum absolute atomic E-state index is 0.0288. The number of likely N-dealkylation sites (tertiary alicyclic amines) is 1. The lowest BCUT2D eigenvalue weighted by molar-refractivity contribution is -0.121.